The summed E-state index contributed by atoms with van der Waals surface area (Å²) in [5.74, 6) is 0.226. The fraction of sp³-hybridized carbons (Fsp3) is 0.455. The van der Waals surface area contributed by atoms with Crippen LogP contribution in [-0.2, 0) is 6.54 Å². The molecule has 0 bridgehead atoms. The second kappa shape index (κ2) is 5.83. The number of imidazole rings is 1. The molecule has 0 amide bonds. The number of hydrogen-bond acceptors (Lipinski definition) is 5. The molecule has 0 saturated carbocycles. The minimum absolute atomic E-state index is 0.226. The van der Waals surface area contributed by atoms with Gasteiger partial charge in [-0.2, -0.15) is 0 Å². The maximum absolute atomic E-state index is 8.62. The number of nitrogens with zero attached hydrogens (tertiary/aromatic N) is 4. The molecule has 18 heavy (non-hydrogen) atoms. The maximum atomic E-state index is 8.62. The van der Waals surface area contributed by atoms with Crippen molar-refractivity contribution in [2.75, 3.05) is 13.1 Å². The van der Waals surface area contributed by atoms with E-state index in [0.717, 1.165) is 23.6 Å². The maximum Gasteiger partial charge on any atom is 0.193 e. The number of nitrogens with two attached hydrogens (primary N) is 1. The molecule has 0 radical (unpaired) electrons. The van der Waals surface area contributed by atoms with E-state index in [4.69, 9.17) is 10.9 Å². The zero-order valence-corrected chi connectivity index (χ0v) is 11.1. The molecule has 0 aliphatic rings. The third kappa shape index (κ3) is 2.99. The summed E-state index contributed by atoms with van der Waals surface area (Å²) >= 11 is 1.61. The Hall–Kier alpha value is -1.60. The van der Waals surface area contributed by atoms with Crippen LogP contribution in [0.3, 0.4) is 0 Å². The van der Waals surface area contributed by atoms with E-state index in [2.05, 4.69) is 22.0 Å². The number of fused-ring (bicyclic) bond motifs is 1. The number of amidine groups is 1. The van der Waals surface area contributed by atoms with Gasteiger partial charge in [0.15, 0.2) is 10.8 Å². The molecule has 0 aliphatic heterocycles. The first-order valence-corrected chi connectivity index (χ1v) is 6.70. The van der Waals surface area contributed by atoms with E-state index in [1.807, 2.05) is 22.2 Å². The van der Waals surface area contributed by atoms with Crippen LogP contribution in [-0.4, -0.2) is 38.4 Å². The van der Waals surface area contributed by atoms with E-state index in [9.17, 15) is 0 Å². The smallest absolute Gasteiger partial charge is 0.193 e. The molecule has 0 spiro atoms. The van der Waals surface area contributed by atoms with Gasteiger partial charge in [-0.05, 0) is 13.0 Å². The van der Waals surface area contributed by atoms with E-state index in [0.29, 0.717) is 13.1 Å². The number of hydrogen-bond donors (Lipinski definition) is 2. The molecule has 6 nitrogen and oxygen atoms in total. The van der Waals surface area contributed by atoms with Gasteiger partial charge >= 0.3 is 0 Å². The second-order valence-corrected chi connectivity index (χ2v) is 5.00. The predicted octanol–water partition coefficient (Wildman–Crippen LogP) is 1.35. The summed E-state index contributed by atoms with van der Waals surface area (Å²) in [6, 6.07) is 0. The summed E-state index contributed by atoms with van der Waals surface area (Å²) in [6.07, 6.45) is 5.02. The minimum Gasteiger partial charge on any atom is -0.409 e. The lowest BCUT2D eigenvalue weighted by molar-refractivity contribution is 0.284. The molecule has 0 fully saturated rings. The lowest BCUT2D eigenvalue weighted by atomic mass is 10.3. The first-order chi connectivity index (χ1) is 8.72. The molecule has 2 rings (SSSR count). The SMILES string of the molecule is CCCN(C/C(N)=N/O)Cc1cn2ccsc2n1. The van der Waals surface area contributed by atoms with Gasteiger partial charge in [-0.3, -0.25) is 9.30 Å². The van der Waals surface area contributed by atoms with E-state index >= 15 is 0 Å². The fourth-order valence-corrected chi connectivity index (χ4v) is 2.59. The Labute approximate surface area is 109 Å². The van der Waals surface area contributed by atoms with Crippen LogP contribution in [0.5, 0.6) is 0 Å². The lowest BCUT2D eigenvalue weighted by Gasteiger charge is -2.19. The molecule has 0 aliphatic carbocycles. The molecule has 3 N–H and O–H groups in total. The van der Waals surface area contributed by atoms with Crippen LogP contribution in [0.4, 0.5) is 0 Å². The standard InChI is InChI=1S/C11H17N5OS/c1-2-3-15(8-10(12)14-17)6-9-7-16-4-5-18-11(16)13-9/h4-5,7,17H,2-3,6,8H2,1H3,(H2,12,14). The molecule has 0 atom stereocenters. The van der Waals surface area contributed by atoms with Crippen molar-refractivity contribution in [3.63, 3.8) is 0 Å². The molecule has 0 unspecified atom stereocenters. The average molecular weight is 267 g/mol. The molecule has 98 valence electrons. The highest BCUT2D eigenvalue weighted by atomic mass is 32.1. The van der Waals surface area contributed by atoms with Crippen molar-refractivity contribution in [1.82, 2.24) is 14.3 Å². The van der Waals surface area contributed by atoms with Crippen LogP contribution in [0.1, 0.15) is 19.0 Å². The molecular weight excluding hydrogens is 250 g/mol. The van der Waals surface area contributed by atoms with Gasteiger partial charge in [-0.25, -0.2) is 4.98 Å². The number of aromatic nitrogens is 2. The lowest BCUT2D eigenvalue weighted by Crippen LogP contribution is -2.34. The quantitative estimate of drug-likeness (QED) is 0.358. The normalized spacial score (nSPS) is 12.7. The molecule has 2 heterocycles. The zero-order chi connectivity index (χ0) is 13.0. The van der Waals surface area contributed by atoms with Crippen LogP contribution in [0.15, 0.2) is 22.9 Å². The van der Waals surface area contributed by atoms with E-state index < -0.39 is 0 Å². The molecular formula is C11H17N5OS. The topological polar surface area (TPSA) is 79.1 Å². The predicted molar refractivity (Wildman–Crippen MR) is 72.0 cm³/mol. The van der Waals surface area contributed by atoms with Crippen molar-refractivity contribution >= 4 is 22.1 Å². The monoisotopic (exact) mass is 267 g/mol. The van der Waals surface area contributed by atoms with Crippen LogP contribution in [0.25, 0.3) is 4.96 Å². The van der Waals surface area contributed by atoms with Gasteiger partial charge < -0.3 is 10.9 Å². The molecule has 7 heteroatoms. The second-order valence-electron chi connectivity index (χ2n) is 4.13. The first-order valence-electron chi connectivity index (χ1n) is 5.82. The van der Waals surface area contributed by atoms with Gasteiger partial charge in [0.1, 0.15) is 0 Å². The largest absolute Gasteiger partial charge is 0.409 e. The Balaban J connectivity index is 2.05. The van der Waals surface area contributed by atoms with Gasteiger partial charge in [-0.15, -0.1) is 11.3 Å². The van der Waals surface area contributed by atoms with Crippen molar-refractivity contribution < 1.29 is 5.21 Å². The number of thiazole rings is 1. The van der Waals surface area contributed by atoms with Gasteiger partial charge in [0, 0.05) is 24.3 Å². The van der Waals surface area contributed by atoms with Crippen molar-refractivity contribution in [3.8, 4) is 0 Å². The van der Waals surface area contributed by atoms with Gasteiger partial charge in [0.2, 0.25) is 0 Å². The van der Waals surface area contributed by atoms with Crippen molar-refractivity contribution in [1.29, 1.82) is 0 Å². The summed E-state index contributed by atoms with van der Waals surface area (Å²) in [7, 11) is 0. The Bertz CT molecular complexity index is 504. The minimum atomic E-state index is 0.226. The molecule has 0 aromatic carbocycles. The highest BCUT2D eigenvalue weighted by molar-refractivity contribution is 7.15. The summed E-state index contributed by atoms with van der Waals surface area (Å²) < 4.78 is 2.01. The van der Waals surface area contributed by atoms with E-state index in [1.165, 1.54) is 0 Å². The summed E-state index contributed by atoms with van der Waals surface area (Å²) in [6.45, 7) is 4.15. The summed E-state index contributed by atoms with van der Waals surface area (Å²) in [5, 5.41) is 13.6. The van der Waals surface area contributed by atoms with E-state index in [1.54, 1.807) is 11.3 Å². The Morgan fingerprint density at radius 1 is 1.67 bits per heavy atom. The Morgan fingerprint density at radius 2 is 2.50 bits per heavy atom. The highest BCUT2D eigenvalue weighted by Crippen LogP contribution is 2.12. The number of oxime groups is 1. The third-order valence-electron chi connectivity index (χ3n) is 2.58. The Morgan fingerprint density at radius 3 is 3.17 bits per heavy atom. The van der Waals surface area contributed by atoms with Crippen molar-refractivity contribution in [3.05, 3.63) is 23.5 Å². The van der Waals surface area contributed by atoms with Gasteiger partial charge in [-0.1, -0.05) is 12.1 Å². The van der Waals surface area contributed by atoms with Gasteiger partial charge in [0.05, 0.1) is 12.2 Å². The summed E-state index contributed by atoms with van der Waals surface area (Å²) in [4.78, 5) is 7.63. The summed E-state index contributed by atoms with van der Waals surface area (Å²) in [5.41, 5.74) is 6.55. The first kappa shape index (κ1) is 12.8. The number of rotatable bonds is 6. The molecule has 2 aromatic heterocycles. The van der Waals surface area contributed by atoms with Crippen molar-refractivity contribution in [2.45, 2.75) is 19.9 Å². The average Bonchev–Trinajstić information content (AvgIpc) is 2.89. The third-order valence-corrected chi connectivity index (χ3v) is 3.35. The van der Waals surface area contributed by atoms with Gasteiger partial charge in [0.25, 0.3) is 0 Å². The Kier molecular flexibility index (Phi) is 4.16. The van der Waals surface area contributed by atoms with Crippen LogP contribution in [0.2, 0.25) is 0 Å². The fourth-order valence-electron chi connectivity index (χ4n) is 1.87. The van der Waals surface area contributed by atoms with E-state index in [-0.39, 0.29) is 5.84 Å². The molecule has 0 saturated heterocycles. The van der Waals surface area contributed by atoms with Crippen LogP contribution in [0, 0.1) is 0 Å². The highest BCUT2D eigenvalue weighted by Gasteiger charge is 2.10. The van der Waals surface area contributed by atoms with Crippen LogP contribution < -0.4 is 5.73 Å². The molecule has 2 aromatic rings. The van der Waals surface area contributed by atoms with Crippen molar-refractivity contribution in [2.24, 2.45) is 10.9 Å². The van der Waals surface area contributed by atoms with Crippen LogP contribution >= 0.6 is 11.3 Å². The zero-order valence-electron chi connectivity index (χ0n) is 10.3.